The number of nitro benzene ring substituents is 1. The first kappa shape index (κ1) is 21.3. The van der Waals surface area contributed by atoms with Crippen LogP contribution in [0.3, 0.4) is 0 Å². The van der Waals surface area contributed by atoms with Crippen molar-refractivity contribution >= 4 is 11.8 Å². The van der Waals surface area contributed by atoms with Gasteiger partial charge in [-0.2, -0.15) is 4.39 Å². The number of imidazole rings is 1. The second-order valence-corrected chi connectivity index (χ2v) is 7.61. The Labute approximate surface area is 163 Å². The maximum absolute atomic E-state index is 14.8. The van der Waals surface area contributed by atoms with E-state index in [-0.39, 0.29) is 11.3 Å². The Kier molecular flexibility index (Phi) is 5.77. The first-order chi connectivity index (χ1) is 12.8. The van der Waals surface area contributed by atoms with Crippen LogP contribution in [0.4, 0.5) is 14.9 Å². The lowest BCUT2D eigenvalue weighted by molar-refractivity contribution is -0.387. The van der Waals surface area contributed by atoms with Crippen molar-refractivity contribution in [3.8, 4) is 11.3 Å². The van der Waals surface area contributed by atoms with Crippen molar-refractivity contribution in [2.24, 2.45) is 7.05 Å². The van der Waals surface area contributed by atoms with Crippen molar-refractivity contribution in [3.05, 3.63) is 45.6 Å². The number of amides is 1. The lowest BCUT2D eigenvalue weighted by atomic mass is 10.0. The van der Waals surface area contributed by atoms with Gasteiger partial charge in [0.2, 0.25) is 5.82 Å². The molecule has 2 aromatic rings. The van der Waals surface area contributed by atoms with Crippen molar-refractivity contribution < 1.29 is 18.8 Å². The van der Waals surface area contributed by atoms with Crippen LogP contribution >= 0.6 is 0 Å². The molecule has 1 unspecified atom stereocenters. The highest BCUT2D eigenvalue weighted by Crippen LogP contribution is 2.35. The molecule has 0 fully saturated rings. The molecule has 0 aliphatic heterocycles. The average Bonchev–Trinajstić information content (AvgIpc) is 2.87. The van der Waals surface area contributed by atoms with Crippen LogP contribution in [0.25, 0.3) is 11.3 Å². The Morgan fingerprint density at radius 3 is 2.54 bits per heavy atom. The van der Waals surface area contributed by atoms with Gasteiger partial charge in [0.25, 0.3) is 0 Å². The van der Waals surface area contributed by atoms with E-state index in [4.69, 9.17) is 4.74 Å². The molecule has 1 heterocycles. The zero-order valence-corrected chi connectivity index (χ0v) is 17.1. The molecule has 0 aliphatic rings. The van der Waals surface area contributed by atoms with Crippen LogP contribution in [-0.4, -0.2) is 38.1 Å². The van der Waals surface area contributed by atoms with E-state index >= 15 is 0 Å². The highest BCUT2D eigenvalue weighted by Gasteiger charge is 2.30. The van der Waals surface area contributed by atoms with E-state index in [1.54, 1.807) is 53.3 Å². The van der Waals surface area contributed by atoms with Gasteiger partial charge in [-0.05, 0) is 40.7 Å². The number of hydrogen-bond acceptors (Lipinski definition) is 5. The fraction of sp³-hybridized carbons (Fsp3) is 0.474. The molecule has 0 bridgehead atoms. The summed E-state index contributed by atoms with van der Waals surface area (Å²) in [5.41, 5.74) is -0.478. The lowest BCUT2D eigenvalue weighted by Gasteiger charge is -2.29. The maximum Gasteiger partial charge on any atom is 0.410 e. The highest BCUT2D eigenvalue weighted by atomic mass is 19.1. The van der Waals surface area contributed by atoms with E-state index in [2.05, 4.69) is 4.98 Å². The first-order valence-electron chi connectivity index (χ1n) is 8.77. The molecular weight excluding hydrogens is 367 g/mol. The van der Waals surface area contributed by atoms with E-state index < -0.39 is 34.2 Å². The van der Waals surface area contributed by atoms with Gasteiger partial charge >= 0.3 is 11.8 Å². The number of ether oxygens (including phenoxy) is 1. The van der Waals surface area contributed by atoms with Crippen LogP contribution in [0.1, 0.15) is 45.3 Å². The summed E-state index contributed by atoms with van der Waals surface area (Å²) < 4.78 is 21.9. The number of nitrogens with zero attached hydrogens (tertiary/aromatic N) is 4. The third kappa shape index (κ3) is 4.13. The van der Waals surface area contributed by atoms with Crippen LogP contribution < -0.4 is 0 Å². The second kappa shape index (κ2) is 7.57. The second-order valence-electron chi connectivity index (χ2n) is 7.61. The highest BCUT2D eigenvalue weighted by molar-refractivity contribution is 5.71. The van der Waals surface area contributed by atoms with Crippen LogP contribution in [0.15, 0.2) is 18.2 Å². The van der Waals surface area contributed by atoms with Gasteiger partial charge in [0.1, 0.15) is 11.4 Å². The molecule has 0 saturated heterocycles. The fourth-order valence-electron chi connectivity index (χ4n) is 2.82. The summed E-state index contributed by atoms with van der Waals surface area (Å²) in [5.74, 6) is -0.376. The molecule has 152 valence electrons. The fourth-order valence-corrected chi connectivity index (χ4v) is 2.82. The maximum atomic E-state index is 14.8. The Morgan fingerprint density at radius 1 is 1.39 bits per heavy atom. The van der Waals surface area contributed by atoms with Crippen molar-refractivity contribution in [1.82, 2.24) is 14.5 Å². The number of benzene rings is 1. The number of halogens is 1. The first-order valence-corrected chi connectivity index (χ1v) is 8.77. The number of aryl methyl sites for hydroxylation is 1. The molecule has 0 radical (unpaired) electrons. The number of carbonyl (C=O) groups is 1. The molecule has 1 amide bonds. The summed E-state index contributed by atoms with van der Waals surface area (Å²) in [6.45, 7) is 8.80. The smallest absolute Gasteiger partial charge is 0.410 e. The average molecular weight is 392 g/mol. The Morgan fingerprint density at radius 2 is 2.00 bits per heavy atom. The summed E-state index contributed by atoms with van der Waals surface area (Å²) >= 11 is 0. The minimum Gasteiger partial charge on any atom is -0.444 e. The number of rotatable bonds is 4. The molecule has 0 N–H and O–H groups in total. The number of aromatic nitrogens is 2. The van der Waals surface area contributed by atoms with Gasteiger partial charge in [-0.25, -0.2) is 9.78 Å². The van der Waals surface area contributed by atoms with Crippen molar-refractivity contribution in [3.63, 3.8) is 0 Å². The largest absolute Gasteiger partial charge is 0.444 e. The van der Waals surface area contributed by atoms with E-state index in [1.807, 2.05) is 0 Å². The molecule has 2 rings (SSSR count). The minimum absolute atomic E-state index is 0.0114. The zero-order valence-electron chi connectivity index (χ0n) is 17.1. The van der Waals surface area contributed by atoms with Crippen LogP contribution in [0, 0.1) is 22.9 Å². The van der Waals surface area contributed by atoms with Crippen LogP contribution in [0.2, 0.25) is 0 Å². The van der Waals surface area contributed by atoms with Gasteiger partial charge in [0.05, 0.1) is 22.4 Å². The Balaban J connectivity index is 2.55. The number of hydrogen-bond donors (Lipinski definition) is 0. The topological polar surface area (TPSA) is 90.5 Å². The molecule has 0 aliphatic carbocycles. The predicted octanol–water partition coefficient (Wildman–Crippen LogP) is 4.37. The summed E-state index contributed by atoms with van der Waals surface area (Å²) in [5, 5.41) is 11.1. The third-order valence-corrected chi connectivity index (χ3v) is 4.45. The van der Waals surface area contributed by atoms with Gasteiger partial charge in [-0.1, -0.05) is 6.07 Å². The number of carbonyl (C=O) groups excluding carboxylic acids is 1. The van der Waals surface area contributed by atoms with Crippen molar-refractivity contribution in [2.75, 3.05) is 7.05 Å². The molecule has 8 nitrogen and oxygen atoms in total. The molecule has 9 heteroatoms. The predicted molar refractivity (Wildman–Crippen MR) is 102 cm³/mol. The third-order valence-electron chi connectivity index (χ3n) is 4.45. The zero-order chi connectivity index (χ0) is 21.4. The molecular formula is C19H25FN4O4. The molecule has 1 atom stereocenters. The van der Waals surface area contributed by atoms with E-state index in [9.17, 15) is 19.3 Å². The van der Waals surface area contributed by atoms with Gasteiger partial charge in [0.15, 0.2) is 0 Å². The van der Waals surface area contributed by atoms with E-state index in [1.165, 1.54) is 17.0 Å². The quantitative estimate of drug-likeness (QED) is 0.569. The van der Waals surface area contributed by atoms with Crippen LogP contribution in [0.5, 0.6) is 0 Å². The molecule has 0 spiro atoms. The molecule has 1 aromatic carbocycles. The molecule has 1 aromatic heterocycles. The number of nitro groups is 1. The summed E-state index contributed by atoms with van der Waals surface area (Å²) in [7, 11) is 3.32. The van der Waals surface area contributed by atoms with E-state index in [0.717, 1.165) is 6.07 Å². The lowest BCUT2D eigenvalue weighted by Crippen LogP contribution is -2.36. The summed E-state index contributed by atoms with van der Waals surface area (Å²) in [6.07, 6.45) is -0.538. The standard InChI is InChI=1S/C19H25FN4O4/c1-11(22(6)18(25)28-19(3,4)5)17-16(21-12(2)23(17)7)13-9-8-10-14(15(13)20)24(26)27/h8-11H,1-7H3. The van der Waals surface area contributed by atoms with Crippen molar-refractivity contribution in [2.45, 2.75) is 46.3 Å². The minimum atomic E-state index is -0.959. The monoisotopic (exact) mass is 392 g/mol. The SMILES string of the molecule is Cc1nc(-c2cccc([N+](=O)[O-])c2F)c(C(C)N(C)C(=O)OC(C)(C)C)n1C. The van der Waals surface area contributed by atoms with Gasteiger partial charge in [0, 0.05) is 25.7 Å². The molecule has 28 heavy (non-hydrogen) atoms. The van der Waals surface area contributed by atoms with Gasteiger partial charge in [-0.15, -0.1) is 0 Å². The normalized spacial score (nSPS) is 12.6. The van der Waals surface area contributed by atoms with Crippen molar-refractivity contribution in [1.29, 1.82) is 0 Å². The Hall–Kier alpha value is -2.97. The summed E-state index contributed by atoms with van der Waals surface area (Å²) in [4.78, 5) is 28.6. The summed E-state index contributed by atoms with van der Waals surface area (Å²) in [6, 6.07) is 3.43. The molecule has 0 saturated carbocycles. The van der Waals surface area contributed by atoms with E-state index in [0.29, 0.717) is 11.5 Å². The Bertz CT molecular complexity index is 917. The van der Waals surface area contributed by atoms with Crippen LogP contribution in [-0.2, 0) is 11.8 Å². The van der Waals surface area contributed by atoms with Gasteiger partial charge < -0.3 is 14.2 Å². The van der Waals surface area contributed by atoms with Gasteiger partial charge in [-0.3, -0.25) is 10.1 Å².